The molecule has 9 nitrogen and oxygen atoms in total. The molecule has 0 spiro atoms. The van der Waals surface area contributed by atoms with Crippen LogP contribution in [0.3, 0.4) is 0 Å². The first kappa shape index (κ1) is 21.6. The van der Waals surface area contributed by atoms with Gasteiger partial charge >= 0.3 is 0 Å². The molecule has 1 aromatic carbocycles. The van der Waals surface area contributed by atoms with Crippen molar-refractivity contribution in [2.75, 3.05) is 44.2 Å². The number of carbonyl (C=O) groups is 2. The molecule has 0 saturated carbocycles. The summed E-state index contributed by atoms with van der Waals surface area (Å²) < 4.78 is 1.76. The zero-order valence-electron chi connectivity index (χ0n) is 18.5. The van der Waals surface area contributed by atoms with Crippen molar-refractivity contribution in [1.29, 1.82) is 0 Å². The van der Waals surface area contributed by atoms with Crippen molar-refractivity contribution in [2.24, 2.45) is 5.92 Å². The molecule has 5 rings (SSSR count). The average molecular weight is 468 g/mol. The molecular formula is C23H26ClN7O2. The van der Waals surface area contributed by atoms with E-state index < -0.39 is 0 Å². The Kier molecular flexibility index (Phi) is 5.88. The summed E-state index contributed by atoms with van der Waals surface area (Å²) in [6.45, 7) is 5.63. The second-order valence-electron chi connectivity index (χ2n) is 8.56. The van der Waals surface area contributed by atoms with Gasteiger partial charge in [0, 0.05) is 57.1 Å². The van der Waals surface area contributed by atoms with Crippen molar-refractivity contribution in [2.45, 2.75) is 19.8 Å². The molecule has 0 N–H and O–H groups in total. The summed E-state index contributed by atoms with van der Waals surface area (Å²) in [6.07, 6.45) is 4.83. The maximum atomic E-state index is 13.0. The van der Waals surface area contributed by atoms with Gasteiger partial charge in [-0.15, -0.1) is 0 Å². The van der Waals surface area contributed by atoms with Gasteiger partial charge in [-0.3, -0.25) is 9.59 Å². The predicted octanol–water partition coefficient (Wildman–Crippen LogP) is 2.38. The minimum absolute atomic E-state index is 0.00818. The zero-order chi connectivity index (χ0) is 22.9. The average Bonchev–Trinajstić information content (AvgIpc) is 3.28. The molecule has 0 bridgehead atoms. The van der Waals surface area contributed by atoms with Crippen LogP contribution >= 0.6 is 11.6 Å². The molecule has 2 aromatic heterocycles. The van der Waals surface area contributed by atoms with Crippen molar-refractivity contribution in [3.8, 4) is 5.69 Å². The number of carbonyl (C=O) groups excluding carboxylic acids is 2. The van der Waals surface area contributed by atoms with Gasteiger partial charge in [0.1, 0.15) is 12.1 Å². The fourth-order valence-electron chi connectivity index (χ4n) is 4.72. The van der Waals surface area contributed by atoms with Crippen LogP contribution in [0.4, 0.5) is 5.82 Å². The highest BCUT2D eigenvalue weighted by atomic mass is 35.5. The Morgan fingerprint density at radius 2 is 1.76 bits per heavy atom. The van der Waals surface area contributed by atoms with Gasteiger partial charge in [0.2, 0.25) is 11.8 Å². The highest BCUT2D eigenvalue weighted by Gasteiger charge is 2.31. The van der Waals surface area contributed by atoms with E-state index in [4.69, 9.17) is 11.6 Å². The van der Waals surface area contributed by atoms with E-state index >= 15 is 0 Å². The van der Waals surface area contributed by atoms with E-state index in [0.717, 1.165) is 35.4 Å². The Balaban J connectivity index is 1.27. The minimum Gasteiger partial charge on any atom is -0.352 e. The first-order chi connectivity index (χ1) is 16.0. The van der Waals surface area contributed by atoms with Gasteiger partial charge in [-0.1, -0.05) is 17.7 Å². The quantitative estimate of drug-likeness (QED) is 0.587. The lowest BCUT2D eigenvalue weighted by molar-refractivity contribution is -0.140. The molecule has 0 aliphatic carbocycles. The zero-order valence-corrected chi connectivity index (χ0v) is 19.3. The summed E-state index contributed by atoms with van der Waals surface area (Å²) in [7, 11) is 0. The molecule has 10 heteroatoms. The van der Waals surface area contributed by atoms with Crippen LogP contribution < -0.4 is 4.90 Å². The van der Waals surface area contributed by atoms with E-state index in [1.807, 2.05) is 34.1 Å². The number of fused-ring (bicyclic) bond motifs is 1. The molecule has 2 aliphatic rings. The van der Waals surface area contributed by atoms with Gasteiger partial charge in [-0.2, -0.15) is 5.10 Å². The molecular weight excluding hydrogens is 442 g/mol. The number of rotatable bonds is 3. The van der Waals surface area contributed by atoms with Gasteiger partial charge in [0.15, 0.2) is 5.65 Å². The summed E-state index contributed by atoms with van der Waals surface area (Å²) in [6, 6.07) is 7.49. The third kappa shape index (κ3) is 4.25. The summed E-state index contributed by atoms with van der Waals surface area (Å²) in [5.41, 5.74) is 1.56. The van der Waals surface area contributed by atoms with Gasteiger partial charge in [0.05, 0.1) is 17.3 Å². The van der Waals surface area contributed by atoms with Crippen LogP contribution in [0.15, 0.2) is 36.8 Å². The van der Waals surface area contributed by atoms with Crippen LogP contribution in [0.1, 0.15) is 19.8 Å². The van der Waals surface area contributed by atoms with E-state index in [0.29, 0.717) is 44.3 Å². The minimum atomic E-state index is 0.00818. The Hall–Kier alpha value is -3.20. The second kappa shape index (κ2) is 8.97. The van der Waals surface area contributed by atoms with Crippen LogP contribution in [-0.4, -0.2) is 80.6 Å². The third-order valence-corrected chi connectivity index (χ3v) is 6.81. The largest absolute Gasteiger partial charge is 0.352 e. The van der Waals surface area contributed by atoms with E-state index in [2.05, 4.69) is 20.0 Å². The third-order valence-electron chi connectivity index (χ3n) is 6.58. The van der Waals surface area contributed by atoms with Crippen LogP contribution in [0, 0.1) is 5.92 Å². The highest BCUT2D eigenvalue weighted by Crippen LogP contribution is 2.27. The molecule has 0 atom stereocenters. The fraction of sp³-hybridized carbons (Fsp3) is 0.435. The van der Waals surface area contributed by atoms with Crippen LogP contribution in [-0.2, 0) is 9.59 Å². The number of hydrogen-bond donors (Lipinski definition) is 0. The van der Waals surface area contributed by atoms with Gasteiger partial charge in [-0.05, 0) is 31.0 Å². The van der Waals surface area contributed by atoms with Crippen LogP contribution in [0.2, 0.25) is 5.02 Å². The molecule has 0 radical (unpaired) electrons. The maximum absolute atomic E-state index is 13.0. The summed E-state index contributed by atoms with van der Waals surface area (Å²) in [5, 5.41) is 6.03. The fourth-order valence-corrected chi connectivity index (χ4v) is 4.90. The molecule has 2 fully saturated rings. The molecule has 172 valence electrons. The van der Waals surface area contributed by atoms with Gasteiger partial charge in [0.25, 0.3) is 0 Å². The Morgan fingerprint density at radius 1 is 1.00 bits per heavy atom. The van der Waals surface area contributed by atoms with E-state index in [-0.39, 0.29) is 17.7 Å². The molecule has 2 amide bonds. The van der Waals surface area contributed by atoms with Crippen molar-refractivity contribution < 1.29 is 9.59 Å². The first-order valence-electron chi connectivity index (χ1n) is 11.2. The topological polar surface area (TPSA) is 87.5 Å². The summed E-state index contributed by atoms with van der Waals surface area (Å²) in [4.78, 5) is 39.5. The van der Waals surface area contributed by atoms with Crippen molar-refractivity contribution in [3.63, 3.8) is 0 Å². The van der Waals surface area contributed by atoms with E-state index in [1.165, 1.54) is 0 Å². The highest BCUT2D eigenvalue weighted by molar-refractivity contribution is 6.30. The van der Waals surface area contributed by atoms with Crippen molar-refractivity contribution in [3.05, 3.63) is 41.8 Å². The molecule has 33 heavy (non-hydrogen) atoms. The number of halogens is 1. The SMILES string of the molecule is CC(=O)N1CCC(C(=O)N2CCN(c3ncnc4c3cnn4-c3cccc(Cl)c3)CC2)CC1. The Morgan fingerprint density at radius 3 is 2.45 bits per heavy atom. The summed E-state index contributed by atoms with van der Waals surface area (Å²) in [5.74, 6) is 1.13. The Labute approximate surface area is 196 Å². The lowest BCUT2D eigenvalue weighted by Crippen LogP contribution is -2.52. The molecule has 2 saturated heterocycles. The molecule has 0 unspecified atom stereocenters. The normalized spacial score (nSPS) is 17.6. The van der Waals surface area contributed by atoms with E-state index in [1.54, 1.807) is 24.1 Å². The number of amides is 2. The number of nitrogens with zero attached hydrogens (tertiary/aromatic N) is 7. The molecule has 4 heterocycles. The number of piperidine rings is 1. The molecule has 3 aromatic rings. The monoisotopic (exact) mass is 467 g/mol. The van der Waals surface area contributed by atoms with Crippen molar-refractivity contribution in [1.82, 2.24) is 29.5 Å². The molecule has 2 aliphatic heterocycles. The first-order valence-corrected chi connectivity index (χ1v) is 11.6. The van der Waals surface area contributed by atoms with Crippen LogP contribution in [0.5, 0.6) is 0 Å². The number of hydrogen-bond acceptors (Lipinski definition) is 6. The number of anilines is 1. The van der Waals surface area contributed by atoms with Crippen LogP contribution in [0.25, 0.3) is 16.7 Å². The van der Waals surface area contributed by atoms with E-state index in [9.17, 15) is 9.59 Å². The smallest absolute Gasteiger partial charge is 0.225 e. The lowest BCUT2D eigenvalue weighted by Gasteiger charge is -2.38. The number of benzene rings is 1. The number of aromatic nitrogens is 4. The number of likely N-dealkylation sites (tertiary alicyclic amines) is 1. The van der Waals surface area contributed by atoms with Gasteiger partial charge in [-0.25, -0.2) is 14.6 Å². The lowest BCUT2D eigenvalue weighted by atomic mass is 9.95. The standard InChI is InChI=1S/C23H26ClN7O2/c1-16(32)28-7-5-17(6-8-28)23(33)30-11-9-29(10-12-30)21-20-14-27-31(22(20)26-15-25-21)19-4-2-3-18(24)13-19/h2-4,13-15,17H,5-12H2,1H3. The summed E-state index contributed by atoms with van der Waals surface area (Å²) >= 11 is 6.15. The number of piperazine rings is 1. The second-order valence-corrected chi connectivity index (χ2v) is 9.00. The van der Waals surface area contributed by atoms with Crippen molar-refractivity contribution >= 4 is 40.3 Å². The van der Waals surface area contributed by atoms with Gasteiger partial charge < -0.3 is 14.7 Å². The maximum Gasteiger partial charge on any atom is 0.225 e. The predicted molar refractivity (Wildman–Crippen MR) is 125 cm³/mol. The Bertz CT molecular complexity index is 1180.